The zero-order valence-corrected chi connectivity index (χ0v) is 14.9. The van der Waals surface area contributed by atoms with E-state index in [2.05, 4.69) is 20.8 Å². The molecule has 0 spiro atoms. The minimum absolute atomic E-state index is 0.116. The molecule has 0 unspecified atom stereocenters. The van der Waals surface area contributed by atoms with Crippen LogP contribution < -0.4 is 15.8 Å². The number of nitrogens with two attached hydrogens (primary N) is 1. The van der Waals surface area contributed by atoms with Gasteiger partial charge in [-0.15, -0.1) is 5.10 Å². The Balaban J connectivity index is 1.55. The molecule has 1 aliphatic carbocycles. The van der Waals surface area contributed by atoms with Gasteiger partial charge in [-0.25, -0.2) is 0 Å². The van der Waals surface area contributed by atoms with Crippen LogP contribution in [0, 0.1) is 0 Å². The van der Waals surface area contributed by atoms with Gasteiger partial charge in [0.2, 0.25) is 5.91 Å². The van der Waals surface area contributed by atoms with E-state index in [1.807, 2.05) is 18.2 Å². The number of tetrazole rings is 1. The van der Waals surface area contributed by atoms with Gasteiger partial charge in [0, 0.05) is 17.3 Å². The third kappa shape index (κ3) is 3.74. The molecule has 0 aliphatic heterocycles. The van der Waals surface area contributed by atoms with Gasteiger partial charge in [0.05, 0.1) is 13.5 Å². The third-order valence-corrected chi connectivity index (χ3v) is 4.47. The molecule has 1 aliphatic rings. The quantitative estimate of drug-likeness (QED) is 0.650. The second kappa shape index (κ2) is 7.06. The Kier molecular flexibility index (Phi) is 4.45. The van der Waals surface area contributed by atoms with Gasteiger partial charge < -0.3 is 15.8 Å². The van der Waals surface area contributed by atoms with Crippen LogP contribution in [0.5, 0.6) is 5.75 Å². The molecule has 1 heterocycles. The first-order valence-corrected chi connectivity index (χ1v) is 8.75. The van der Waals surface area contributed by atoms with Crippen LogP contribution in [0.25, 0.3) is 5.69 Å². The predicted octanol–water partition coefficient (Wildman–Crippen LogP) is 2.31. The van der Waals surface area contributed by atoms with Crippen LogP contribution in [-0.4, -0.2) is 33.2 Å². The number of methoxy groups -OCH3 is 1. The van der Waals surface area contributed by atoms with Crippen molar-refractivity contribution in [3.05, 3.63) is 53.9 Å². The molecule has 1 aromatic heterocycles. The molecule has 138 valence electrons. The van der Waals surface area contributed by atoms with E-state index in [0.29, 0.717) is 28.7 Å². The summed E-state index contributed by atoms with van der Waals surface area (Å²) >= 11 is 0. The highest BCUT2D eigenvalue weighted by Gasteiger charge is 2.30. The average Bonchev–Trinajstić information content (AvgIpc) is 3.40. The Morgan fingerprint density at radius 1 is 1.26 bits per heavy atom. The van der Waals surface area contributed by atoms with E-state index in [1.54, 1.807) is 36.1 Å². The molecule has 0 atom stereocenters. The van der Waals surface area contributed by atoms with E-state index in [9.17, 15) is 4.79 Å². The Morgan fingerprint density at radius 3 is 2.74 bits per heavy atom. The summed E-state index contributed by atoms with van der Waals surface area (Å²) < 4.78 is 7.14. The number of hydrogen-bond donors (Lipinski definition) is 2. The number of hydrogen-bond acceptors (Lipinski definition) is 6. The predicted molar refractivity (Wildman–Crippen MR) is 101 cm³/mol. The fraction of sp³-hybridized carbons (Fsp3) is 0.263. The van der Waals surface area contributed by atoms with Crippen LogP contribution in [0.1, 0.15) is 30.1 Å². The van der Waals surface area contributed by atoms with Gasteiger partial charge in [0.25, 0.3) is 0 Å². The molecule has 3 aromatic rings. The molecule has 0 radical (unpaired) electrons. The fourth-order valence-corrected chi connectivity index (χ4v) is 2.92. The van der Waals surface area contributed by atoms with Crippen molar-refractivity contribution in [3.63, 3.8) is 0 Å². The Hall–Kier alpha value is -3.42. The first kappa shape index (κ1) is 17.0. The molecule has 3 N–H and O–H groups in total. The maximum absolute atomic E-state index is 12.4. The Morgan fingerprint density at radius 2 is 2.04 bits per heavy atom. The first-order valence-electron chi connectivity index (χ1n) is 8.75. The number of benzene rings is 2. The van der Waals surface area contributed by atoms with Gasteiger partial charge in [-0.05, 0) is 59.2 Å². The molecule has 2 aromatic carbocycles. The maximum atomic E-state index is 12.4. The van der Waals surface area contributed by atoms with Crippen molar-refractivity contribution in [1.29, 1.82) is 0 Å². The Bertz CT molecular complexity index is 963. The van der Waals surface area contributed by atoms with Crippen LogP contribution in [0.15, 0.2) is 42.5 Å². The number of carbonyl (C=O) groups is 1. The van der Waals surface area contributed by atoms with Gasteiger partial charge in [-0.2, -0.15) is 4.68 Å². The minimum atomic E-state index is -0.116. The van der Waals surface area contributed by atoms with E-state index in [1.165, 1.54) is 0 Å². The molecular formula is C19H20N6O2. The molecule has 27 heavy (non-hydrogen) atoms. The zero-order valence-electron chi connectivity index (χ0n) is 14.9. The van der Waals surface area contributed by atoms with Gasteiger partial charge in [0.1, 0.15) is 11.4 Å². The van der Waals surface area contributed by atoms with Crippen molar-refractivity contribution in [3.8, 4) is 11.4 Å². The Labute approximate surface area is 156 Å². The number of carbonyl (C=O) groups excluding carboxylic acids is 1. The number of nitrogen functional groups attached to an aromatic ring is 1. The summed E-state index contributed by atoms with van der Waals surface area (Å²) in [5.74, 6) is 1.72. The smallest absolute Gasteiger partial charge is 0.228 e. The van der Waals surface area contributed by atoms with Crippen LogP contribution in [-0.2, 0) is 11.2 Å². The molecule has 8 heteroatoms. The van der Waals surface area contributed by atoms with Gasteiger partial charge in [0.15, 0.2) is 5.82 Å². The van der Waals surface area contributed by atoms with Crippen molar-refractivity contribution in [2.45, 2.75) is 25.2 Å². The molecular weight excluding hydrogens is 344 g/mol. The second-order valence-corrected chi connectivity index (χ2v) is 6.58. The molecule has 0 bridgehead atoms. The van der Waals surface area contributed by atoms with Crippen molar-refractivity contribution in [2.24, 2.45) is 0 Å². The lowest BCUT2D eigenvalue weighted by Crippen LogP contribution is -2.15. The second-order valence-electron chi connectivity index (χ2n) is 6.58. The number of nitrogens with one attached hydrogen (secondary N) is 1. The van der Waals surface area contributed by atoms with E-state index in [4.69, 9.17) is 10.5 Å². The van der Waals surface area contributed by atoms with Crippen molar-refractivity contribution >= 4 is 17.3 Å². The zero-order chi connectivity index (χ0) is 18.8. The summed E-state index contributed by atoms with van der Waals surface area (Å²) in [6.45, 7) is 0. The lowest BCUT2D eigenvalue weighted by molar-refractivity contribution is -0.115. The molecule has 0 saturated heterocycles. The number of nitrogens with zero attached hydrogens (tertiary/aromatic N) is 4. The van der Waals surface area contributed by atoms with Gasteiger partial charge in [-0.3, -0.25) is 4.79 Å². The summed E-state index contributed by atoms with van der Waals surface area (Å²) in [6.07, 6.45) is 2.43. The highest BCUT2D eigenvalue weighted by molar-refractivity contribution is 5.92. The van der Waals surface area contributed by atoms with Crippen molar-refractivity contribution < 1.29 is 9.53 Å². The van der Waals surface area contributed by atoms with E-state index >= 15 is 0 Å². The van der Waals surface area contributed by atoms with Crippen molar-refractivity contribution in [1.82, 2.24) is 20.2 Å². The lowest BCUT2D eigenvalue weighted by Gasteiger charge is -2.12. The molecule has 4 rings (SSSR count). The third-order valence-electron chi connectivity index (χ3n) is 4.47. The number of ether oxygens (including phenoxy) is 1. The van der Waals surface area contributed by atoms with Crippen molar-refractivity contribution in [2.75, 3.05) is 18.2 Å². The van der Waals surface area contributed by atoms with Gasteiger partial charge >= 0.3 is 0 Å². The first-order chi connectivity index (χ1) is 13.1. The normalized spacial score (nSPS) is 13.4. The molecule has 1 fully saturated rings. The monoisotopic (exact) mass is 364 g/mol. The van der Waals surface area contributed by atoms with Crippen LogP contribution in [0.4, 0.5) is 11.4 Å². The fourth-order valence-electron chi connectivity index (χ4n) is 2.92. The lowest BCUT2D eigenvalue weighted by atomic mass is 10.1. The van der Waals surface area contributed by atoms with Gasteiger partial charge in [-0.1, -0.05) is 12.1 Å². The van der Waals surface area contributed by atoms with Crippen LogP contribution >= 0.6 is 0 Å². The number of aromatic nitrogens is 4. The van der Waals surface area contributed by atoms with E-state index < -0.39 is 0 Å². The molecule has 1 saturated carbocycles. The van der Waals surface area contributed by atoms with Crippen LogP contribution in [0.2, 0.25) is 0 Å². The minimum Gasteiger partial charge on any atom is -0.494 e. The SMILES string of the molecule is COc1ccc(NC(=O)Cc2ccc(N)cc2)cc1-n1nnnc1C1CC1. The number of rotatable bonds is 6. The summed E-state index contributed by atoms with van der Waals surface area (Å²) in [5, 5.41) is 14.9. The van der Waals surface area contributed by atoms with E-state index in [-0.39, 0.29) is 12.3 Å². The highest BCUT2D eigenvalue weighted by atomic mass is 16.5. The number of amides is 1. The summed E-state index contributed by atoms with van der Waals surface area (Å²) in [7, 11) is 1.60. The number of anilines is 2. The summed E-state index contributed by atoms with van der Waals surface area (Å²) in [5.41, 5.74) is 8.61. The standard InChI is InChI=1S/C19H20N6O2/c1-27-17-9-8-15(21-18(26)10-12-2-6-14(20)7-3-12)11-16(17)25-19(13-4-5-13)22-23-24-25/h2-3,6-9,11,13H,4-5,10,20H2,1H3,(H,21,26). The topological polar surface area (TPSA) is 108 Å². The molecule has 1 amide bonds. The largest absolute Gasteiger partial charge is 0.494 e. The highest BCUT2D eigenvalue weighted by Crippen LogP contribution is 2.40. The maximum Gasteiger partial charge on any atom is 0.228 e. The summed E-state index contributed by atoms with van der Waals surface area (Å²) in [6, 6.07) is 12.7. The average molecular weight is 364 g/mol. The van der Waals surface area contributed by atoms with E-state index in [0.717, 1.165) is 24.2 Å². The summed E-state index contributed by atoms with van der Waals surface area (Å²) in [4.78, 5) is 12.4. The molecule has 8 nitrogen and oxygen atoms in total. The van der Waals surface area contributed by atoms with Crippen LogP contribution in [0.3, 0.4) is 0 Å².